The third-order valence-corrected chi connectivity index (χ3v) is 3.38. The van der Waals surface area contributed by atoms with Gasteiger partial charge in [-0.2, -0.15) is 0 Å². The number of hydrogen-bond donors (Lipinski definition) is 0. The van der Waals surface area contributed by atoms with E-state index in [1.807, 2.05) is 0 Å². The maximum atomic E-state index is 2.35. The van der Waals surface area contributed by atoms with Crippen LogP contribution in [0.3, 0.4) is 0 Å². The highest BCUT2D eigenvalue weighted by atomic mass is 127. The van der Waals surface area contributed by atoms with Gasteiger partial charge in [-0.25, -0.2) is 0 Å². The van der Waals surface area contributed by atoms with Gasteiger partial charge in [-0.05, 0) is 56.3 Å². The first-order chi connectivity index (χ1) is 7.34. The second-order valence-electron chi connectivity index (χ2n) is 3.65. The molecule has 1 heteroatoms. The Labute approximate surface area is 102 Å². The van der Waals surface area contributed by atoms with Crippen molar-refractivity contribution in [2.45, 2.75) is 0 Å². The molecule has 0 spiro atoms. The van der Waals surface area contributed by atoms with E-state index in [1.165, 1.54) is 25.1 Å². The summed E-state index contributed by atoms with van der Waals surface area (Å²) < 4.78 is 1.29. The van der Waals surface area contributed by atoms with Crippen LogP contribution in [-0.2, 0) is 0 Å². The average molecular weight is 304 g/mol. The molecule has 0 atom stereocenters. The van der Waals surface area contributed by atoms with E-state index in [-0.39, 0.29) is 0 Å². The van der Waals surface area contributed by atoms with Crippen LogP contribution < -0.4 is 0 Å². The van der Waals surface area contributed by atoms with Crippen molar-refractivity contribution < 1.29 is 0 Å². The van der Waals surface area contributed by atoms with Crippen molar-refractivity contribution >= 4 is 44.1 Å². The predicted molar refractivity (Wildman–Crippen MR) is 74.2 cm³/mol. The summed E-state index contributed by atoms with van der Waals surface area (Å²) >= 11 is 2.35. The topological polar surface area (TPSA) is 0 Å². The largest absolute Gasteiger partial charge is 0.0616 e. The third-order valence-electron chi connectivity index (χ3n) is 2.71. The van der Waals surface area contributed by atoms with Crippen LogP contribution in [0, 0.1) is 3.57 Å². The quantitative estimate of drug-likeness (QED) is 0.421. The molecule has 0 aliphatic rings. The molecule has 3 aromatic carbocycles. The zero-order chi connectivity index (χ0) is 10.3. The number of benzene rings is 3. The van der Waals surface area contributed by atoms with Crippen LogP contribution >= 0.6 is 22.6 Å². The van der Waals surface area contributed by atoms with Crippen molar-refractivity contribution in [1.82, 2.24) is 0 Å². The van der Waals surface area contributed by atoms with Crippen molar-refractivity contribution in [2.75, 3.05) is 0 Å². The van der Waals surface area contributed by atoms with E-state index < -0.39 is 0 Å². The first-order valence-electron chi connectivity index (χ1n) is 4.92. The molecule has 0 fully saturated rings. The number of halogens is 1. The summed E-state index contributed by atoms with van der Waals surface area (Å²) in [6.45, 7) is 0. The summed E-state index contributed by atoms with van der Waals surface area (Å²) in [6, 6.07) is 19.5. The molecule has 0 nitrogen and oxygen atoms in total. The highest BCUT2D eigenvalue weighted by Crippen LogP contribution is 2.26. The lowest BCUT2D eigenvalue weighted by molar-refractivity contribution is 1.72. The van der Waals surface area contributed by atoms with Crippen LogP contribution in [-0.4, -0.2) is 0 Å². The molecule has 0 unspecified atom stereocenters. The van der Waals surface area contributed by atoms with Crippen LogP contribution in [0.4, 0.5) is 0 Å². The highest BCUT2D eigenvalue weighted by Gasteiger charge is 1.99. The molecule has 0 heterocycles. The summed E-state index contributed by atoms with van der Waals surface area (Å²) in [5, 5.41) is 5.31. The Hall–Kier alpha value is -1.09. The standard InChI is InChI=1S/C14H9I/c15-12-7-8-14-11(9-12)6-5-10-3-1-2-4-13(10)14/h1-9H. The van der Waals surface area contributed by atoms with Gasteiger partial charge in [0.2, 0.25) is 0 Å². The van der Waals surface area contributed by atoms with Crippen molar-refractivity contribution in [3.05, 3.63) is 58.2 Å². The first-order valence-corrected chi connectivity index (χ1v) is 5.99. The molecule has 0 saturated carbocycles. The smallest absolute Gasteiger partial charge is 0.0136 e. The monoisotopic (exact) mass is 304 g/mol. The molecule has 0 saturated heterocycles. The Kier molecular flexibility index (Phi) is 2.13. The Morgan fingerprint density at radius 3 is 2.33 bits per heavy atom. The lowest BCUT2D eigenvalue weighted by Gasteiger charge is -2.03. The minimum atomic E-state index is 1.29. The summed E-state index contributed by atoms with van der Waals surface area (Å²) in [5.74, 6) is 0. The minimum absolute atomic E-state index is 1.29. The fraction of sp³-hybridized carbons (Fsp3) is 0. The van der Waals surface area contributed by atoms with Gasteiger partial charge >= 0.3 is 0 Å². The fourth-order valence-electron chi connectivity index (χ4n) is 1.98. The Morgan fingerprint density at radius 2 is 1.40 bits per heavy atom. The molecule has 0 radical (unpaired) electrons. The van der Waals surface area contributed by atoms with E-state index in [0.29, 0.717) is 0 Å². The van der Waals surface area contributed by atoms with Crippen LogP contribution in [0.15, 0.2) is 54.6 Å². The Balaban J connectivity index is 2.55. The second kappa shape index (κ2) is 3.49. The van der Waals surface area contributed by atoms with Gasteiger partial charge in [0, 0.05) is 3.57 Å². The highest BCUT2D eigenvalue weighted by molar-refractivity contribution is 14.1. The number of hydrogen-bond acceptors (Lipinski definition) is 0. The zero-order valence-corrected chi connectivity index (χ0v) is 10.2. The summed E-state index contributed by atoms with van der Waals surface area (Å²) in [5.41, 5.74) is 0. The van der Waals surface area contributed by atoms with E-state index in [0.717, 1.165) is 0 Å². The van der Waals surface area contributed by atoms with Crippen LogP contribution in [0.5, 0.6) is 0 Å². The number of rotatable bonds is 0. The molecule has 0 N–H and O–H groups in total. The van der Waals surface area contributed by atoms with E-state index in [4.69, 9.17) is 0 Å². The van der Waals surface area contributed by atoms with Gasteiger partial charge in [-0.15, -0.1) is 0 Å². The lowest BCUT2D eigenvalue weighted by Crippen LogP contribution is -1.78. The lowest BCUT2D eigenvalue weighted by atomic mass is 10.0. The van der Waals surface area contributed by atoms with Gasteiger partial charge in [0.1, 0.15) is 0 Å². The molecule has 0 bridgehead atoms. The Bertz CT molecular complexity index is 641. The molecule has 3 rings (SSSR count). The van der Waals surface area contributed by atoms with Crippen LogP contribution in [0.25, 0.3) is 21.5 Å². The maximum absolute atomic E-state index is 2.35. The molecule has 3 aromatic rings. The molecule has 0 amide bonds. The average Bonchev–Trinajstić information content (AvgIpc) is 2.28. The second-order valence-corrected chi connectivity index (χ2v) is 4.90. The van der Waals surface area contributed by atoms with Gasteiger partial charge < -0.3 is 0 Å². The predicted octanol–water partition coefficient (Wildman–Crippen LogP) is 4.60. The van der Waals surface area contributed by atoms with Crippen molar-refractivity contribution in [3.63, 3.8) is 0 Å². The van der Waals surface area contributed by atoms with Crippen LogP contribution in [0.2, 0.25) is 0 Å². The van der Waals surface area contributed by atoms with E-state index in [2.05, 4.69) is 77.2 Å². The normalized spacial score (nSPS) is 11.0. The fourth-order valence-corrected chi connectivity index (χ4v) is 2.50. The third kappa shape index (κ3) is 1.51. The Morgan fingerprint density at radius 1 is 0.667 bits per heavy atom. The van der Waals surface area contributed by atoms with Crippen molar-refractivity contribution in [3.8, 4) is 0 Å². The van der Waals surface area contributed by atoms with Gasteiger partial charge in [0.25, 0.3) is 0 Å². The summed E-state index contributed by atoms with van der Waals surface area (Å²) in [6.07, 6.45) is 0. The van der Waals surface area contributed by atoms with Gasteiger partial charge in [0.05, 0.1) is 0 Å². The molecular formula is C14H9I. The summed E-state index contributed by atoms with van der Waals surface area (Å²) in [7, 11) is 0. The van der Waals surface area contributed by atoms with E-state index in [9.17, 15) is 0 Å². The van der Waals surface area contributed by atoms with Gasteiger partial charge in [-0.1, -0.05) is 42.5 Å². The summed E-state index contributed by atoms with van der Waals surface area (Å²) in [4.78, 5) is 0. The molecule has 0 aromatic heterocycles. The van der Waals surface area contributed by atoms with Crippen LogP contribution in [0.1, 0.15) is 0 Å². The SMILES string of the molecule is Ic1ccc2c(ccc3ccccc32)c1. The molecule has 15 heavy (non-hydrogen) atoms. The van der Waals surface area contributed by atoms with Gasteiger partial charge in [0.15, 0.2) is 0 Å². The molecule has 0 aliphatic heterocycles. The molecule has 72 valence electrons. The number of fused-ring (bicyclic) bond motifs is 3. The minimum Gasteiger partial charge on any atom is -0.0616 e. The van der Waals surface area contributed by atoms with Crippen molar-refractivity contribution in [1.29, 1.82) is 0 Å². The van der Waals surface area contributed by atoms with E-state index in [1.54, 1.807) is 0 Å². The molecular weight excluding hydrogens is 295 g/mol. The van der Waals surface area contributed by atoms with Crippen molar-refractivity contribution in [2.24, 2.45) is 0 Å². The van der Waals surface area contributed by atoms with Gasteiger partial charge in [-0.3, -0.25) is 0 Å². The van der Waals surface area contributed by atoms with E-state index >= 15 is 0 Å². The molecule has 0 aliphatic carbocycles. The zero-order valence-electron chi connectivity index (χ0n) is 8.07. The first kappa shape index (κ1) is 9.16. The maximum Gasteiger partial charge on any atom is 0.0136 e.